The van der Waals surface area contributed by atoms with E-state index in [1.165, 1.54) is 0 Å². The molecule has 0 atom stereocenters. The van der Waals surface area contributed by atoms with Crippen LogP contribution in [0.3, 0.4) is 0 Å². The first-order valence-electron chi connectivity index (χ1n) is 13.0. The van der Waals surface area contributed by atoms with Crippen LogP contribution in [0.5, 0.6) is 0 Å². The first-order chi connectivity index (χ1) is 19.3. The maximum absolute atomic E-state index is 5.23. The van der Waals surface area contributed by atoms with E-state index in [4.69, 9.17) is 29.9 Å². The third-order valence-electron chi connectivity index (χ3n) is 7.10. The third-order valence-corrected chi connectivity index (χ3v) is 7.10. The molecule has 0 amide bonds. The summed E-state index contributed by atoms with van der Waals surface area (Å²) in [6.45, 7) is 0. The quantitative estimate of drug-likeness (QED) is 0.230. The molecule has 6 bridgehead atoms. The average molecular weight is 688 g/mol. The predicted octanol–water partition coefficient (Wildman–Crippen LogP) is 5.91. The summed E-state index contributed by atoms with van der Waals surface area (Å²) in [6.07, 6.45) is 5.46. The van der Waals surface area contributed by atoms with Gasteiger partial charge in [0.15, 0.2) is 0 Å². The van der Waals surface area contributed by atoms with Gasteiger partial charge in [-0.05, 0) is 72.8 Å². The minimum absolute atomic E-state index is 0. The summed E-state index contributed by atoms with van der Waals surface area (Å²) >= 11 is 0. The van der Waals surface area contributed by atoms with Crippen LogP contribution in [-0.2, 0) is 21.1 Å². The molecule has 0 unspecified atom stereocenters. The molecule has 6 aromatic rings. The molecule has 0 fully saturated rings. The molecule has 7 heteroatoms. The summed E-state index contributed by atoms with van der Waals surface area (Å²) in [6, 6.07) is 36.4. The fraction of sp³-hybridized carbons (Fsp3) is 0.0909. The summed E-state index contributed by atoms with van der Waals surface area (Å²) in [4.78, 5) is 29.9. The Labute approximate surface area is 247 Å². The molecular formula is C33H24N6W. The SMILES string of the molecule is [W].c1ccc(C2c3cccc(n3)C(c3ccccn3)c3cccc(n3)C(c3ccccn3)c3cccc2n3)nc1. The average Bonchev–Trinajstić information content (AvgIpc) is 3.00. The van der Waals surface area contributed by atoms with Crippen LogP contribution >= 0.6 is 0 Å². The number of pyridine rings is 6. The van der Waals surface area contributed by atoms with Gasteiger partial charge in [0, 0.05) is 39.7 Å². The Bertz CT molecular complexity index is 1470. The van der Waals surface area contributed by atoms with Crippen LogP contribution in [0.25, 0.3) is 0 Å². The predicted molar refractivity (Wildman–Crippen MR) is 148 cm³/mol. The first kappa shape index (κ1) is 25.8. The van der Waals surface area contributed by atoms with E-state index in [2.05, 4.69) is 54.6 Å². The van der Waals surface area contributed by atoms with Crippen molar-refractivity contribution in [3.05, 3.63) is 179 Å². The van der Waals surface area contributed by atoms with E-state index >= 15 is 0 Å². The van der Waals surface area contributed by atoms with Crippen LogP contribution in [0.1, 0.15) is 69.0 Å². The van der Waals surface area contributed by atoms with Crippen molar-refractivity contribution < 1.29 is 21.1 Å². The maximum Gasteiger partial charge on any atom is 0.0858 e. The van der Waals surface area contributed by atoms with Gasteiger partial charge in [0.05, 0.1) is 69.0 Å². The maximum atomic E-state index is 5.23. The van der Waals surface area contributed by atoms with E-state index in [1.54, 1.807) is 0 Å². The number of fused-ring (bicyclic) bond motifs is 6. The molecule has 1 aliphatic heterocycles. The molecule has 40 heavy (non-hydrogen) atoms. The van der Waals surface area contributed by atoms with Gasteiger partial charge in [0.2, 0.25) is 0 Å². The molecular weight excluding hydrogens is 664 g/mol. The number of hydrogen-bond donors (Lipinski definition) is 0. The van der Waals surface area contributed by atoms with Gasteiger partial charge < -0.3 is 0 Å². The fourth-order valence-electron chi connectivity index (χ4n) is 5.38. The topological polar surface area (TPSA) is 77.3 Å². The van der Waals surface area contributed by atoms with E-state index in [0.29, 0.717) is 0 Å². The van der Waals surface area contributed by atoms with Gasteiger partial charge in [-0.3, -0.25) is 29.9 Å². The fourth-order valence-corrected chi connectivity index (χ4v) is 5.38. The summed E-state index contributed by atoms with van der Waals surface area (Å²) in [5, 5.41) is 0. The van der Waals surface area contributed by atoms with Gasteiger partial charge >= 0.3 is 0 Å². The van der Waals surface area contributed by atoms with E-state index in [-0.39, 0.29) is 38.8 Å². The number of hydrogen-bond acceptors (Lipinski definition) is 6. The van der Waals surface area contributed by atoms with Crippen molar-refractivity contribution in [3.63, 3.8) is 0 Å². The second kappa shape index (κ2) is 11.4. The molecule has 0 radical (unpaired) electrons. The number of aromatic nitrogens is 6. The Hall–Kier alpha value is -4.41. The van der Waals surface area contributed by atoms with Crippen LogP contribution in [0.4, 0.5) is 0 Å². The molecule has 0 saturated carbocycles. The van der Waals surface area contributed by atoms with E-state index in [0.717, 1.165) is 51.2 Å². The van der Waals surface area contributed by atoms with E-state index in [1.807, 2.05) is 73.2 Å². The van der Waals surface area contributed by atoms with Crippen molar-refractivity contribution in [2.45, 2.75) is 17.8 Å². The minimum atomic E-state index is -0.245. The first-order valence-corrected chi connectivity index (χ1v) is 13.0. The Morgan fingerprint density at radius 3 is 0.775 bits per heavy atom. The van der Waals surface area contributed by atoms with Crippen LogP contribution in [0, 0.1) is 0 Å². The van der Waals surface area contributed by atoms with Crippen LogP contribution in [0.15, 0.2) is 128 Å². The van der Waals surface area contributed by atoms with Crippen molar-refractivity contribution in [3.8, 4) is 0 Å². The largest absolute Gasteiger partial charge is 0.260 e. The molecule has 6 aromatic heterocycles. The van der Waals surface area contributed by atoms with Gasteiger partial charge in [-0.2, -0.15) is 0 Å². The van der Waals surface area contributed by atoms with E-state index in [9.17, 15) is 0 Å². The standard InChI is InChI=1S/C33H24N6.W/c1-4-19-34-22(10-1)31-25-13-7-15-27(37-25)32(23-11-2-5-20-35-23)29-17-9-18-30(39-29)33(24-12-3-6-21-36-24)28-16-8-14-26(31)38-28;/h1-21,31-33H;. The zero-order valence-electron chi connectivity index (χ0n) is 21.4. The minimum Gasteiger partial charge on any atom is -0.260 e. The van der Waals surface area contributed by atoms with Crippen molar-refractivity contribution >= 4 is 0 Å². The summed E-state index contributed by atoms with van der Waals surface area (Å²) in [5.41, 5.74) is 7.94. The Balaban J connectivity index is 0.00000289. The molecule has 7 rings (SSSR count). The Morgan fingerprint density at radius 1 is 0.300 bits per heavy atom. The monoisotopic (exact) mass is 688 g/mol. The van der Waals surface area contributed by atoms with Gasteiger partial charge in [0.1, 0.15) is 0 Å². The van der Waals surface area contributed by atoms with Crippen molar-refractivity contribution in [2.24, 2.45) is 0 Å². The van der Waals surface area contributed by atoms with Crippen molar-refractivity contribution in [2.75, 3.05) is 0 Å². The molecule has 0 N–H and O–H groups in total. The van der Waals surface area contributed by atoms with E-state index < -0.39 is 0 Å². The smallest absolute Gasteiger partial charge is 0.0858 e. The van der Waals surface area contributed by atoms with Gasteiger partial charge in [-0.1, -0.05) is 36.4 Å². The van der Waals surface area contributed by atoms with Gasteiger partial charge in [-0.15, -0.1) is 0 Å². The van der Waals surface area contributed by atoms with Gasteiger partial charge in [-0.25, -0.2) is 0 Å². The second-order valence-corrected chi connectivity index (χ2v) is 9.52. The summed E-state index contributed by atoms with van der Waals surface area (Å²) < 4.78 is 0. The second-order valence-electron chi connectivity index (χ2n) is 9.52. The summed E-state index contributed by atoms with van der Waals surface area (Å²) in [5.74, 6) is -0.734. The summed E-state index contributed by atoms with van der Waals surface area (Å²) in [7, 11) is 0. The molecule has 1 aliphatic rings. The van der Waals surface area contributed by atoms with Crippen molar-refractivity contribution in [1.29, 1.82) is 0 Å². The van der Waals surface area contributed by atoms with Gasteiger partial charge in [0.25, 0.3) is 0 Å². The molecule has 0 spiro atoms. The molecule has 192 valence electrons. The molecule has 0 aromatic carbocycles. The normalized spacial score (nSPS) is 17.6. The zero-order valence-corrected chi connectivity index (χ0v) is 24.4. The Morgan fingerprint density at radius 2 is 0.550 bits per heavy atom. The molecule has 0 aliphatic carbocycles. The van der Waals surface area contributed by atoms with Crippen LogP contribution in [-0.4, -0.2) is 29.9 Å². The molecule has 7 heterocycles. The third kappa shape index (κ3) is 4.87. The molecule has 0 saturated heterocycles. The number of rotatable bonds is 3. The van der Waals surface area contributed by atoms with Crippen LogP contribution in [0.2, 0.25) is 0 Å². The number of nitrogens with zero attached hydrogens (tertiary/aromatic N) is 6. The zero-order chi connectivity index (χ0) is 26.0. The van der Waals surface area contributed by atoms with Crippen molar-refractivity contribution in [1.82, 2.24) is 29.9 Å². The van der Waals surface area contributed by atoms with Crippen LogP contribution < -0.4 is 0 Å². The molecule has 6 nitrogen and oxygen atoms in total. The Kier molecular flexibility index (Phi) is 7.34.